The highest BCUT2D eigenvalue weighted by molar-refractivity contribution is 5.79. The van der Waals surface area contributed by atoms with Crippen LogP contribution < -0.4 is 4.74 Å². The van der Waals surface area contributed by atoms with Gasteiger partial charge < -0.3 is 14.5 Å². The van der Waals surface area contributed by atoms with Gasteiger partial charge in [0.25, 0.3) is 0 Å². The van der Waals surface area contributed by atoms with E-state index in [1.54, 1.807) is 12.1 Å². The number of halogens is 1. The summed E-state index contributed by atoms with van der Waals surface area (Å²) in [6.45, 7) is 7.47. The van der Waals surface area contributed by atoms with E-state index in [1.165, 1.54) is 12.1 Å². The van der Waals surface area contributed by atoms with Gasteiger partial charge in [0.2, 0.25) is 5.91 Å². The Labute approximate surface area is 186 Å². The lowest BCUT2D eigenvalue weighted by Crippen LogP contribution is -2.49. The fourth-order valence-corrected chi connectivity index (χ4v) is 3.94. The summed E-state index contributed by atoms with van der Waals surface area (Å²) < 4.78 is 19.2. The number of hydrogen-bond acceptors (Lipinski definition) is 3. The van der Waals surface area contributed by atoms with Gasteiger partial charge in [-0.1, -0.05) is 44.5 Å². The first-order valence-corrected chi connectivity index (χ1v) is 11.4. The first kappa shape index (κ1) is 23.3. The predicted molar refractivity (Wildman–Crippen MR) is 123 cm³/mol. The van der Waals surface area contributed by atoms with Crippen LogP contribution in [-0.2, 0) is 17.8 Å². The molecule has 2 aromatic rings. The van der Waals surface area contributed by atoms with Crippen molar-refractivity contribution < 1.29 is 13.9 Å². The molecule has 2 aromatic carbocycles. The lowest BCUT2D eigenvalue weighted by Gasteiger charge is -2.38. The highest BCUT2D eigenvalue weighted by Crippen LogP contribution is 2.21. The van der Waals surface area contributed by atoms with E-state index in [1.807, 2.05) is 29.2 Å². The molecule has 0 spiro atoms. The van der Waals surface area contributed by atoms with Gasteiger partial charge >= 0.3 is 0 Å². The molecule has 3 rings (SSSR count). The molecule has 0 bridgehead atoms. The summed E-state index contributed by atoms with van der Waals surface area (Å²) in [5.41, 5.74) is 1.94. The largest absolute Gasteiger partial charge is 0.493 e. The van der Waals surface area contributed by atoms with Crippen molar-refractivity contribution in [2.24, 2.45) is 5.92 Å². The summed E-state index contributed by atoms with van der Waals surface area (Å²) in [4.78, 5) is 17.6. The van der Waals surface area contributed by atoms with Gasteiger partial charge in [-0.25, -0.2) is 4.39 Å². The number of ether oxygens (including phenoxy) is 1. The van der Waals surface area contributed by atoms with Gasteiger partial charge in [0.1, 0.15) is 11.6 Å². The molecule has 0 aromatic heterocycles. The van der Waals surface area contributed by atoms with Gasteiger partial charge in [0.05, 0.1) is 13.0 Å². The first-order valence-electron chi connectivity index (χ1n) is 11.4. The number of piperidine rings is 1. The molecule has 168 valence electrons. The van der Waals surface area contributed by atoms with Crippen molar-refractivity contribution in [3.8, 4) is 5.75 Å². The Morgan fingerprint density at radius 1 is 1.16 bits per heavy atom. The van der Waals surface area contributed by atoms with E-state index in [4.69, 9.17) is 4.74 Å². The molecule has 1 heterocycles. The summed E-state index contributed by atoms with van der Waals surface area (Å²) in [5.74, 6) is 1.22. The standard InChI is InChI=1S/C26H35FN2O2/c1-4-20(2)19-31-25-13-9-21(10-14-25)16-26(30)29(24-6-5-15-28(3)18-24)17-22-7-11-23(27)12-8-22/h7-14,20,24H,4-6,15-19H2,1-3H3/t20-,24-/m1/s1. The van der Waals surface area contributed by atoms with Crippen LogP contribution in [0.3, 0.4) is 0 Å². The number of carbonyl (C=O) groups is 1. The maximum absolute atomic E-state index is 13.3. The van der Waals surface area contributed by atoms with Crippen LogP contribution in [0.15, 0.2) is 48.5 Å². The zero-order chi connectivity index (χ0) is 22.2. The summed E-state index contributed by atoms with van der Waals surface area (Å²) in [7, 11) is 2.10. The molecule has 1 aliphatic heterocycles. The molecule has 0 unspecified atom stereocenters. The van der Waals surface area contributed by atoms with Crippen molar-refractivity contribution in [2.45, 2.75) is 52.1 Å². The zero-order valence-electron chi connectivity index (χ0n) is 19.0. The van der Waals surface area contributed by atoms with Gasteiger partial charge in [-0.15, -0.1) is 0 Å². The van der Waals surface area contributed by atoms with Crippen molar-refractivity contribution in [1.82, 2.24) is 9.80 Å². The molecule has 2 atom stereocenters. The van der Waals surface area contributed by atoms with Gasteiger partial charge in [0, 0.05) is 19.1 Å². The van der Waals surface area contributed by atoms with Crippen LogP contribution in [0.4, 0.5) is 4.39 Å². The maximum Gasteiger partial charge on any atom is 0.227 e. The monoisotopic (exact) mass is 426 g/mol. The number of rotatable bonds is 9. The summed E-state index contributed by atoms with van der Waals surface area (Å²) in [6.07, 6.45) is 3.52. The van der Waals surface area contributed by atoms with Gasteiger partial charge in [0.15, 0.2) is 0 Å². The van der Waals surface area contributed by atoms with E-state index in [9.17, 15) is 9.18 Å². The van der Waals surface area contributed by atoms with E-state index < -0.39 is 0 Å². The smallest absolute Gasteiger partial charge is 0.227 e. The molecule has 1 saturated heterocycles. The second-order valence-corrected chi connectivity index (χ2v) is 8.85. The minimum absolute atomic E-state index is 0.109. The quantitative estimate of drug-likeness (QED) is 0.571. The maximum atomic E-state index is 13.3. The van der Waals surface area contributed by atoms with Crippen molar-refractivity contribution in [3.63, 3.8) is 0 Å². The number of likely N-dealkylation sites (tertiary alicyclic amines) is 1. The Morgan fingerprint density at radius 2 is 1.84 bits per heavy atom. The van der Waals surface area contributed by atoms with Crippen LogP contribution in [-0.4, -0.2) is 48.5 Å². The van der Waals surface area contributed by atoms with Crippen LogP contribution in [0.2, 0.25) is 0 Å². The van der Waals surface area contributed by atoms with Crippen molar-refractivity contribution in [3.05, 3.63) is 65.5 Å². The van der Waals surface area contributed by atoms with Crippen LogP contribution in [0.25, 0.3) is 0 Å². The molecule has 0 radical (unpaired) electrons. The van der Waals surface area contributed by atoms with Gasteiger partial charge in [-0.05, 0) is 67.7 Å². The number of likely N-dealkylation sites (N-methyl/N-ethyl adjacent to an activating group) is 1. The minimum Gasteiger partial charge on any atom is -0.493 e. The summed E-state index contributed by atoms with van der Waals surface area (Å²) in [5, 5.41) is 0. The molecule has 1 amide bonds. The van der Waals surface area contributed by atoms with Crippen molar-refractivity contribution >= 4 is 5.91 Å². The fourth-order valence-electron chi connectivity index (χ4n) is 3.94. The number of amides is 1. The minimum atomic E-state index is -0.255. The highest BCUT2D eigenvalue weighted by atomic mass is 19.1. The number of carbonyl (C=O) groups excluding carboxylic acids is 1. The van der Waals surface area contributed by atoms with Gasteiger partial charge in [-0.2, -0.15) is 0 Å². The van der Waals surface area contributed by atoms with E-state index in [0.717, 1.165) is 49.2 Å². The van der Waals surface area contributed by atoms with Crippen LogP contribution >= 0.6 is 0 Å². The van der Waals surface area contributed by atoms with E-state index in [0.29, 0.717) is 25.5 Å². The number of benzene rings is 2. The van der Waals surface area contributed by atoms with Crippen molar-refractivity contribution in [1.29, 1.82) is 0 Å². The zero-order valence-corrected chi connectivity index (χ0v) is 19.0. The second-order valence-electron chi connectivity index (χ2n) is 8.85. The summed E-state index contributed by atoms with van der Waals surface area (Å²) >= 11 is 0. The molecule has 4 nitrogen and oxygen atoms in total. The third kappa shape index (κ3) is 7.06. The first-order chi connectivity index (χ1) is 14.9. The average Bonchev–Trinajstić information content (AvgIpc) is 2.77. The second kappa shape index (κ2) is 11.3. The van der Waals surface area contributed by atoms with E-state index in [-0.39, 0.29) is 17.8 Å². The SMILES string of the molecule is CC[C@@H](C)COc1ccc(CC(=O)N(Cc2ccc(F)cc2)[C@@H]2CCCN(C)C2)cc1. The molecule has 0 saturated carbocycles. The Balaban J connectivity index is 1.68. The molecule has 0 N–H and O–H groups in total. The van der Waals surface area contributed by atoms with Gasteiger partial charge in [-0.3, -0.25) is 4.79 Å². The molecule has 31 heavy (non-hydrogen) atoms. The molecule has 1 fully saturated rings. The van der Waals surface area contributed by atoms with Crippen LogP contribution in [0, 0.1) is 11.7 Å². The highest BCUT2D eigenvalue weighted by Gasteiger charge is 2.27. The number of hydrogen-bond donors (Lipinski definition) is 0. The third-order valence-corrected chi connectivity index (χ3v) is 6.14. The topological polar surface area (TPSA) is 32.8 Å². The van der Waals surface area contributed by atoms with E-state index in [2.05, 4.69) is 25.8 Å². The Bertz CT molecular complexity index is 822. The van der Waals surface area contributed by atoms with Crippen molar-refractivity contribution in [2.75, 3.05) is 26.7 Å². The number of nitrogens with zero attached hydrogens (tertiary/aromatic N) is 2. The molecule has 0 aliphatic carbocycles. The Hall–Kier alpha value is -2.40. The van der Waals surface area contributed by atoms with E-state index >= 15 is 0 Å². The predicted octanol–water partition coefficient (Wildman–Crippen LogP) is 4.92. The van der Waals surface area contributed by atoms with Crippen LogP contribution in [0.5, 0.6) is 5.75 Å². The van der Waals surface area contributed by atoms with Crippen LogP contribution in [0.1, 0.15) is 44.2 Å². The molecule has 1 aliphatic rings. The molecular weight excluding hydrogens is 391 g/mol. The lowest BCUT2D eigenvalue weighted by atomic mass is 10.0. The Morgan fingerprint density at radius 3 is 2.48 bits per heavy atom. The summed E-state index contributed by atoms with van der Waals surface area (Å²) in [6, 6.07) is 14.5. The molecular formula is C26H35FN2O2. The fraction of sp³-hybridized carbons (Fsp3) is 0.500. The Kier molecular flexibility index (Phi) is 8.47. The molecule has 5 heteroatoms. The lowest BCUT2D eigenvalue weighted by molar-refractivity contribution is -0.134. The normalized spacial score (nSPS) is 17.9. The average molecular weight is 427 g/mol. The third-order valence-electron chi connectivity index (χ3n) is 6.14.